The highest BCUT2D eigenvalue weighted by molar-refractivity contribution is 5.45. The molecule has 2 aromatic rings. The van der Waals surface area contributed by atoms with Gasteiger partial charge in [-0.15, -0.1) is 0 Å². The summed E-state index contributed by atoms with van der Waals surface area (Å²) in [7, 11) is 0. The van der Waals surface area contributed by atoms with E-state index >= 15 is 0 Å². The topological polar surface area (TPSA) is 18.5 Å². The molecule has 4 rings (SSSR count). The molecule has 0 saturated heterocycles. The first-order chi connectivity index (χ1) is 12.6. The second kappa shape index (κ2) is 9.66. The molecule has 2 heteroatoms. The Bertz CT molecular complexity index is 668. The molecule has 0 amide bonds. The van der Waals surface area contributed by atoms with Gasteiger partial charge in [0.1, 0.15) is 11.5 Å². The fourth-order valence-corrected chi connectivity index (χ4v) is 3.45. The molecule has 26 heavy (non-hydrogen) atoms. The van der Waals surface area contributed by atoms with Crippen LogP contribution in [0.2, 0.25) is 0 Å². The molecule has 0 atom stereocenters. The van der Waals surface area contributed by atoms with E-state index in [-0.39, 0.29) is 0 Å². The Kier molecular flexibility index (Phi) is 7.56. The molecular weight excluding hydrogens is 320 g/mol. The zero-order valence-electron chi connectivity index (χ0n) is 17.4. The summed E-state index contributed by atoms with van der Waals surface area (Å²) >= 11 is 0. The Labute approximate surface area is 159 Å². The van der Waals surface area contributed by atoms with Gasteiger partial charge in [0.25, 0.3) is 0 Å². The van der Waals surface area contributed by atoms with E-state index in [0.717, 1.165) is 37.6 Å². The van der Waals surface area contributed by atoms with Gasteiger partial charge in [0.05, 0.1) is 13.2 Å². The first kappa shape index (κ1) is 20.4. The number of fused-ring (bicyclic) bond motifs is 2. The molecule has 142 valence electrons. The van der Waals surface area contributed by atoms with Gasteiger partial charge in [0.2, 0.25) is 0 Å². The molecule has 2 nitrogen and oxygen atoms in total. The number of rotatable bonds is 0. The summed E-state index contributed by atoms with van der Waals surface area (Å²) in [6, 6.07) is 8.46. The van der Waals surface area contributed by atoms with Gasteiger partial charge in [-0.1, -0.05) is 26.0 Å². The SMILES string of the molecule is CC.Cc1ccc2c(c1C)CCCO2.Cc1ccc2c(c1C)CCCO2. The van der Waals surface area contributed by atoms with Crippen molar-refractivity contribution >= 4 is 0 Å². The van der Waals surface area contributed by atoms with Crippen LogP contribution in [0.15, 0.2) is 24.3 Å². The van der Waals surface area contributed by atoms with Gasteiger partial charge in [0.15, 0.2) is 0 Å². The van der Waals surface area contributed by atoms with Crippen molar-refractivity contribution in [2.45, 2.75) is 67.2 Å². The van der Waals surface area contributed by atoms with Crippen LogP contribution in [-0.4, -0.2) is 13.2 Å². The highest BCUT2D eigenvalue weighted by Crippen LogP contribution is 2.30. The minimum atomic E-state index is 0.884. The van der Waals surface area contributed by atoms with Gasteiger partial charge >= 0.3 is 0 Å². The number of benzene rings is 2. The maximum Gasteiger partial charge on any atom is 0.122 e. The fourth-order valence-electron chi connectivity index (χ4n) is 3.45. The van der Waals surface area contributed by atoms with E-state index in [1.807, 2.05) is 13.8 Å². The van der Waals surface area contributed by atoms with E-state index in [9.17, 15) is 0 Å². The Morgan fingerprint density at radius 3 is 1.38 bits per heavy atom. The molecule has 0 N–H and O–H groups in total. The Morgan fingerprint density at radius 1 is 0.615 bits per heavy atom. The quantitative estimate of drug-likeness (QED) is 0.554. The Hall–Kier alpha value is -1.96. The van der Waals surface area contributed by atoms with Gasteiger partial charge in [-0.05, 0) is 98.9 Å². The third-order valence-electron chi connectivity index (χ3n) is 5.31. The van der Waals surface area contributed by atoms with Crippen LogP contribution in [0.5, 0.6) is 11.5 Å². The van der Waals surface area contributed by atoms with Gasteiger partial charge < -0.3 is 9.47 Å². The van der Waals surface area contributed by atoms with Crippen molar-refractivity contribution in [3.63, 3.8) is 0 Å². The van der Waals surface area contributed by atoms with E-state index in [1.165, 1.54) is 46.2 Å². The molecule has 2 aromatic carbocycles. The lowest BCUT2D eigenvalue weighted by molar-refractivity contribution is 0.287. The van der Waals surface area contributed by atoms with Crippen LogP contribution >= 0.6 is 0 Å². The van der Waals surface area contributed by atoms with Crippen molar-refractivity contribution in [1.29, 1.82) is 0 Å². The summed E-state index contributed by atoms with van der Waals surface area (Å²) in [6.45, 7) is 14.4. The molecule has 0 aliphatic carbocycles. The number of hydrogen-bond acceptors (Lipinski definition) is 2. The smallest absolute Gasteiger partial charge is 0.122 e. The van der Waals surface area contributed by atoms with Gasteiger partial charge in [-0.2, -0.15) is 0 Å². The van der Waals surface area contributed by atoms with Crippen LogP contribution in [0.25, 0.3) is 0 Å². The maximum absolute atomic E-state index is 5.56. The van der Waals surface area contributed by atoms with Crippen molar-refractivity contribution in [2.24, 2.45) is 0 Å². The normalized spacial score (nSPS) is 14.2. The molecule has 0 unspecified atom stereocenters. The van der Waals surface area contributed by atoms with Crippen molar-refractivity contribution in [3.05, 3.63) is 57.6 Å². The monoisotopic (exact) mass is 354 g/mol. The molecule has 2 aliphatic rings. The van der Waals surface area contributed by atoms with Crippen LogP contribution in [0, 0.1) is 27.7 Å². The highest BCUT2D eigenvalue weighted by Gasteiger charge is 2.13. The molecular formula is C24H34O2. The van der Waals surface area contributed by atoms with E-state index < -0.39 is 0 Å². The summed E-state index contributed by atoms with van der Waals surface area (Å²) < 4.78 is 11.1. The fraction of sp³-hybridized carbons (Fsp3) is 0.500. The molecule has 0 radical (unpaired) electrons. The number of ether oxygens (including phenoxy) is 2. The van der Waals surface area contributed by atoms with Crippen LogP contribution in [0.4, 0.5) is 0 Å². The lowest BCUT2D eigenvalue weighted by atomic mass is 9.97. The lowest BCUT2D eigenvalue weighted by Crippen LogP contribution is -2.10. The zero-order chi connectivity index (χ0) is 19.1. The van der Waals surface area contributed by atoms with Crippen LogP contribution < -0.4 is 9.47 Å². The standard InChI is InChI=1S/2C11H14O.C2H6/c2*1-8-5-6-11-10(9(8)2)4-3-7-12-11;1-2/h2*5-6H,3-4,7H2,1-2H3;1-2H3. The van der Waals surface area contributed by atoms with E-state index in [4.69, 9.17) is 9.47 Å². The molecule has 0 spiro atoms. The molecule has 2 aliphatic heterocycles. The van der Waals surface area contributed by atoms with Crippen molar-refractivity contribution < 1.29 is 9.47 Å². The molecule has 0 fully saturated rings. The van der Waals surface area contributed by atoms with E-state index in [2.05, 4.69) is 52.0 Å². The third-order valence-corrected chi connectivity index (χ3v) is 5.31. The molecule has 0 aromatic heterocycles. The highest BCUT2D eigenvalue weighted by atomic mass is 16.5. The second-order valence-corrected chi connectivity index (χ2v) is 6.87. The largest absolute Gasteiger partial charge is 0.493 e. The van der Waals surface area contributed by atoms with Crippen LogP contribution in [0.1, 0.15) is 60.1 Å². The zero-order valence-corrected chi connectivity index (χ0v) is 17.4. The predicted molar refractivity (Wildman–Crippen MR) is 111 cm³/mol. The maximum atomic E-state index is 5.56. The molecule has 0 saturated carbocycles. The average molecular weight is 355 g/mol. The van der Waals surface area contributed by atoms with Gasteiger partial charge in [-0.25, -0.2) is 0 Å². The van der Waals surface area contributed by atoms with Crippen molar-refractivity contribution in [3.8, 4) is 11.5 Å². The predicted octanol–water partition coefficient (Wildman–Crippen LogP) is 6.28. The van der Waals surface area contributed by atoms with Crippen molar-refractivity contribution in [2.75, 3.05) is 13.2 Å². The summed E-state index contributed by atoms with van der Waals surface area (Å²) in [6.07, 6.45) is 4.69. The van der Waals surface area contributed by atoms with Gasteiger partial charge in [-0.3, -0.25) is 0 Å². The van der Waals surface area contributed by atoms with Gasteiger partial charge in [0, 0.05) is 0 Å². The first-order valence-corrected chi connectivity index (χ1v) is 10.0. The van der Waals surface area contributed by atoms with E-state index in [0.29, 0.717) is 0 Å². The van der Waals surface area contributed by atoms with Crippen molar-refractivity contribution in [1.82, 2.24) is 0 Å². The average Bonchev–Trinajstić information content (AvgIpc) is 2.70. The molecule has 0 bridgehead atoms. The lowest BCUT2D eigenvalue weighted by Gasteiger charge is -2.19. The summed E-state index contributed by atoms with van der Waals surface area (Å²) in [5, 5.41) is 0. The number of hydrogen-bond donors (Lipinski definition) is 0. The number of aryl methyl sites for hydroxylation is 2. The second-order valence-electron chi connectivity index (χ2n) is 6.87. The summed E-state index contributed by atoms with van der Waals surface area (Å²) in [4.78, 5) is 0. The molecule has 2 heterocycles. The van der Waals surface area contributed by atoms with Crippen LogP contribution in [0.3, 0.4) is 0 Å². The minimum Gasteiger partial charge on any atom is -0.493 e. The first-order valence-electron chi connectivity index (χ1n) is 10.0. The summed E-state index contributed by atoms with van der Waals surface area (Å²) in [5.41, 5.74) is 8.40. The summed E-state index contributed by atoms with van der Waals surface area (Å²) in [5.74, 6) is 2.20. The Balaban J connectivity index is 0.000000171. The minimum absolute atomic E-state index is 0.884. The van der Waals surface area contributed by atoms with Crippen LogP contribution in [-0.2, 0) is 12.8 Å². The van der Waals surface area contributed by atoms with E-state index in [1.54, 1.807) is 0 Å². The third kappa shape index (κ3) is 4.60. The Morgan fingerprint density at radius 2 is 1.00 bits per heavy atom.